The van der Waals surface area contributed by atoms with Crippen LogP contribution in [0.1, 0.15) is 40.0 Å². The number of unbranched alkanes of at least 4 members (excludes halogenated alkanes) is 2. The summed E-state index contributed by atoms with van der Waals surface area (Å²) in [6, 6.07) is 0. The van der Waals surface area contributed by atoms with E-state index in [-0.39, 0.29) is 11.7 Å². The Hall–Kier alpha value is -1.52. The predicted octanol–water partition coefficient (Wildman–Crippen LogP) is 2.57. The van der Waals surface area contributed by atoms with Crippen LogP contribution in [0, 0.1) is 0 Å². The van der Waals surface area contributed by atoms with Crippen molar-refractivity contribution in [3.8, 4) is 0 Å². The highest BCUT2D eigenvalue weighted by atomic mass is 16.5. The van der Waals surface area contributed by atoms with E-state index in [1.807, 2.05) is 0 Å². The van der Waals surface area contributed by atoms with E-state index >= 15 is 0 Å². The second-order valence-electron chi connectivity index (χ2n) is 3.44. The fraction of sp³-hybridized carbons (Fsp3) is 0.667. The lowest BCUT2D eigenvalue weighted by Crippen LogP contribution is -2.25. The summed E-state index contributed by atoms with van der Waals surface area (Å²) in [5.74, 6) is -0.935. The molecule has 0 aromatic rings. The first-order valence-electron chi connectivity index (χ1n) is 5.75. The molecule has 0 atom stereocenters. The lowest BCUT2D eigenvalue weighted by molar-refractivity contribution is -0.132. The monoisotopic (exact) mass is 245 g/mol. The molecule has 0 aliphatic heterocycles. The number of hydrogen-bond acceptors (Lipinski definition) is 3. The van der Waals surface area contributed by atoms with Crippen molar-refractivity contribution in [3.05, 3.63) is 12.2 Å². The number of hydrogen-bond donors (Lipinski definition) is 2. The predicted molar refractivity (Wildman–Crippen MR) is 67.0 cm³/mol. The fourth-order valence-electron chi connectivity index (χ4n) is 0.748. The van der Waals surface area contributed by atoms with Crippen molar-refractivity contribution in [3.63, 3.8) is 0 Å². The van der Waals surface area contributed by atoms with Crippen LogP contribution in [-0.4, -0.2) is 30.3 Å². The molecule has 0 saturated heterocycles. The zero-order chi connectivity index (χ0) is 13.7. The summed E-state index contributed by atoms with van der Waals surface area (Å²) < 4.78 is 4.67. The molecular formula is C12H23NO4. The number of carbonyl (C=O) groups is 2. The molecule has 0 aliphatic carbocycles. The molecule has 0 fully saturated rings. The van der Waals surface area contributed by atoms with Gasteiger partial charge in [0.05, 0.1) is 6.61 Å². The van der Waals surface area contributed by atoms with Crippen molar-refractivity contribution >= 4 is 12.1 Å². The number of carbonyl (C=O) groups excluding carboxylic acids is 1. The first-order chi connectivity index (χ1) is 7.95. The summed E-state index contributed by atoms with van der Waals surface area (Å²) in [6.07, 6.45) is 3.07. The van der Waals surface area contributed by atoms with Gasteiger partial charge < -0.3 is 15.2 Å². The average molecular weight is 245 g/mol. The van der Waals surface area contributed by atoms with Gasteiger partial charge in [0.25, 0.3) is 0 Å². The zero-order valence-corrected chi connectivity index (χ0v) is 10.9. The molecule has 100 valence electrons. The van der Waals surface area contributed by atoms with Crippen LogP contribution < -0.4 is 5.32 Å². The zero-order valence-electron chi connectivity index (χ0n) is 10.9. The van der Waals surface area contributed by atoms with Gasteiger partial charge in [0.15, 0.2) is 0 Å². The molecule has 0 radical (unpaired) electrons. The van der Waals surface area contributed by atoms with E-state index in [2.05, 4.69) is 23.6 Å². The molecule has 1 amide bonds. The van der Waals surface area contributed by atoms with Gasteiger partial charge >= 0.3 is 12.1 Å². The molecule has 0 saturated carbocycles. The highest BCUT2D eigenvalue weighted by Gasteiger charge is 1.96. The van der Waals surface area contributed by atoms with Crippen LogP contribution in [0.3, 0.4) is 0 Å². The van der Waals surface area contributed by atoms with E-state index in [1.165, 1.54) is 13.3 Å². The van der Waals surface area contributed by atoms with Crippen LogP contribution in [0.4, 0.5) is 4.79 Å². The number of carboxylic acid groups (broad SMARTS) is 1. The number of rotatable bonds is 6. The molecule has 0 unspecified atom stereocenters. The number of amides is 1. The lowest BCUT2D eigenvalue weighted by atomic mass is 10.2. The third kappa shape index (κ3) is 17.1. The Morgan fingerprint density at radius 2 is 1.82 bits per heavy atom. The second kappa shape index (κ2) is 12.5. The number of alkyl carbamates (subject to hydrolysis) is 1. The Morgan fingerprint density at radius 1 is 1.29 bits per heavy atom. The molecule has 0 aromatic heterocycles. The lowest BCUT2D eigenvalue weighted by Gasteiger charge is -2.03. The number of nitrogens with one attached hydrogen (secondary N) is 1. The van der Waals surface area contributed by atoms with Crippen molar-refractivity contribution in [1.29, 1.82) is 0 Å². The van der Waals surface area contributed by atoms with E-state index < -0.39 is 5.97 Å². The number of carboxylic acids is 1. The molecule has 0 heterocycles. The van der Waals surface area contributed by atoms with Gasteiger partial charge in [-0.15, -0.1) is 0 Å². The molecule has 0 aromatic carbocycles. The average Bonchev–Trinajstić information content (AvgIpc) is 2.25. The molecular weight excluding hydrogens is 222 g/mol. The Kier molecular flexibility index (Phi) is 13.2. The Balaban J connectivity index is 0. The van der Waals surface area contributed by atoms with Gasteiger partial charge in [0, 0.05) is 12.1 Å². The van der Waals surface area contributed by atoms with Crippen molar-refractivity contribution in [1.82, 2.24) is 5.32 Å². The maximum Gasteiger partial charge on any atom is 0.407 e. The van der Waals surface area contributed by atoms with E-state index in [9.17, 15) is 9.59 Å². The Labute approximate surface area is 103 Å². The molecule has 0 bridgehead atoms. The fourth-order valence-corrected chi connectivity index (χ4v) is 0.748. The van der Waals surface area contributed by atoms with Crippen LogP contribution in [0.2, 0.25) is 0 Å². The third-order valence-corrected chi connectivity index (χ3v) is 1.69. The van der Waals surface area contributed by atoms with E-state index in [0.29, 0.717) is 6.61 Å². The molecule has 5 heteroatoms. The second-order valence-corrected chi connectivity index (χ2v) is 3.44. The Bertz CT molecular complexity index is 227. The van der Waals surface area contributed by atoms with E-state index in [1.54, 1.807) is 6.92 Å². The van der Waals surface area contributed by atoms with Gasteiger partial charge in [-0.25, -0.2) is 9.59 Å². The number of ether oxygens (including phenoxy) is 1. The smallest absolute Gasteiger partial charge is 0.407 e. The van der Waals surface area contributed by atoms with Gasteiger partial charge in [-0.3, -0.25) is 0 Å². The minimum atomic E-state index is -0.935. The van der Waals surface area contributed by atoms with Crippen LogP contribution in [0.5, 0.6) is 0 Å². The van der Waals surface area contributed by atoms with E-state index in [4.69, 9.17) is 5.11 Å². The first kappa shape index (κ1) is 17.9. The quantitative estimate of drug-likeness (QED) is 0.557. The molecule has 0 spiro atoms. The number of aliphatic carboxylic acids is 1. The SMILES string of the molecule is C=C(C)C(=O)O.CCCCCNC(=O)OCC. The minimum Gasteiger partial charge on any atom is -0.478 e. The maximum absolute atomic E-state index is 10.7. The standard InChI is InChI=1S/C8H17NO2.C4H6O2/c1-3-5-6-7-9-8(10)11-4-2;1-3(2)4(5)6/h3-7H2,1-2H3,(H,9,10);1H2,2H3,(H,5,6). The van der Waals surface area contributed by atoms with Gasteiger partial charge in [0.1, 0.15) is 0 Å². The maximum atomic E-state index is 10.7. The molecule has 0 rings (SSSR count). The van der Waals surface area contributed by atoms with Crippen LogP contribution in [0.25, 0.3) is 0 Å². The molecule has 0 aliphatic rings. The highest BCUT2D eigenvalue weighted by Crippen LogP contribution is 1.91. The summed E-state index contributed by atoms with van der Waals surface area (Å²) in [5.41, 5.74) is 0.176. The topological polar surface area (TPSA) is 75.6 Å². The summed E-state index contributed by atoms with van der Waals surface area (Å²) in [7, 11) is 0. The molecule has 17 heavy (non-hydrogen) atoms. The minimum absolute atomic E-state index is 0.176. The van der Waals surface area contributed by atoms with Gasteiger partial charge in [-0.2, -0.15) is 0 Å². The molecule has 2 N–H and O–H groups in total. The summed E-state index contributed by atoms with van der Waals surface area (Å²) in [6.45, 7) is 9.70. The van der Waals surface area contributed by atoms with Crippen molar-refractivity contribution in [2.75, 3.05) is 13.2 Å². The summed E-state index contributed by atoms with van der Waals surface area (Å²) >= 11 is 0. The first-order valence-corrected chi connectivity index (χ1v) is 5.75. The van der Waals surface area contributed by atoms with Crippen molar-refractivity contribution in [2.24, 2.45) is 0 Å². The van der Waals surface area contributed by atoms with Gasteiger partial charge in [-0.1, -0.05) is 26.3 Å². The van der Waals surface area contributed by atoms with E-state index in [0.717, 1.165) is 19.4 Å². The van der Waals surface area contributed by atoms with Crippen LogP contribution in [0.15, 0.2) is 12.2 Å². The normalized spacial score (nSPS) is 8.65. The Morgan fingerprint density at radius 3 is 2.18 bits per heavy atom. The van der Waals surface area contributed by atoms with Crippen LogP contribution >= 0.6 is 0 Å². The van der Waals surface area contributed by atoms with Crippen molar-refractivity contribution in [2.45, 2.75) is 40.0 Å². The molecule has 5 nitrogen and oxygen atoms in total. The summed E-state index contributed by atoms with van der Waals surface area (Å²) in [5, 5.41) is 10.5. The highest BCUT2D eigenvalue weighted by molar-refractivity contribution is 5.84. The summed E-state index contributed by atoms with van der Waals surface area (Å²) in [4.78, 5) is 20.3. The van der Waals surface area contributed by atoms with Crippen LogP contribution in [-0.2, 0) is 9.53 Å². The largest absolute Gasteiger partial charge is 0.478 e. The van der Waals surface area contributed by atoms with Crippen molar-refractivity contribution < 1.29 is 19.4 Å². The van der Waals surface area contributed by atoms with Gasteiger partial charge in [-0.05, 0) is 20.3 Å². The third-order valence-electron chi connectivity index (χ3n) is 1.69. The van der Waals surface area contributed by atoms with Gasteiger partial charge in [0.2, 0.25) is 0 Å².